The first-order valence-corrected chi connectivity index (χ1v) is 19.3. The van der Waals surface area contributed by atoms with Gasteiger partial charge in [0.15, 0.2) is 0 Å². The third-order valence-electron chi connectivity index (χ3n) is 11.4. The molecule has 2 heteroatoms. The second kappa shape index (κ2) is 13.1. The van der Waals surface area contributed by atoms with Gasteiger partial charge in [0.05, 0.1) is 0 Å². The maximum absolute atomic E-state index is 4.13. The van der Waals surface area contributed by atoms with E-state index in [1.165, 1.54) is 81.6 Å². The highest BCUT2D eigenvalue weighted by Crippen LogP contribution is 2.50. The van der Waals surface area contributed by atoms with Crippen molar-refractivity contribution in [3.63, 3.8) is 0 Å². The van der Waals surface area contributed by atoms with Gasteiger partial charge in [-0.05, 0) is 94.5 Å². The quantitative estimate of drug-likeness (QED) is 0.143. The molecule has 2 aliphatic rings. The predicted octanol–water partition coefficient (Wildman–Crippen LogP) is 14.3. The van der Waals surface area contributed by atoms with Gasteiger partial charge in [0.25, 0.3) is 0 Å². The predicted molar refractivity (Wildman–Crippen MR) is 228 cm³/mol. The van der Waals surface area contributed by atoms with Gasteiger partial charge in [-0.1, -0.05) is 155 Å². The largest absolute Gasteiger partial charge is 0.344 e. The zero-order valence-corrected chi connectivity index (χ0v) is 32.1. The number of benzene rings is 5. The van der Waals surface area contributed by atoms with E-state index in [1.54, 1.807) is 0 Å². The number of thiophene rings is 1. The smallest absolute Gasteiger partial charge is 0.0487 e. The van der Waals surface area contributed by atoms with Crippen molar-refractivity contribution in [2.45, 2.75) is 52.9 Å². The Bertz CT molecular complexity index is 2510. The summed E-state index contributed by atoms with van der Waals surface area (Å²) >= 11 is 1.88. The van der Waals surface area contributed by atoms with Crippen molar-refractivity contribution in [2.75, 3.05) is 11.9 Å². The highest BCUT2D eigenvalue weighted by molar-refractivity contribution is 7.25. The van der Waals surface area contributed by atoms with Gasteiger partial charge < -0.3 is 4.90 Å². The summed E-state index contributed by atoms with van der Waals surface area (Å²) < 4.78 is 2.67. The molecule has 0 unspecified atom stereocenters. The van der Waals surface area contributed by atoms with Crippen molar-refractivity contribution in [1.82, 2.24) is 0 Å². The molecule has 0 aliphatic heterocycles. The van der Waals surface area contributed by atoms with E-state index in [9.17, 15) is 0 Å². The molecule has 0 spiro atoms. The molecule has 258 valence electrons. The van der Waals surface area contributed by atoms with E-state index in [2.05, 4.69) is 193 Å². The van der Waals surface area contributed by atoms with Crippen molar-refractivity contribution in [2.24, 2.45) is 5.41 Å². The lowest BCUT2D eigenvalue weighted by Crippen LogP contribution is -2.24. The molecule has 0 atom stereocenters. The van der Waals surface area contributed by atoms with Gasteiger partial charge in [-0.2, -0.15) is 0 Å². The lowest BCUT2D eigenvalue weighted by Gasteiger charge is -2.35. The van der Waals surface area contributed by atoms with Crippen molar-refractivity contribution in [3.05, 3.63) is 180 Å². The Morgan fingerprint density at radius 2 is 1.50 bits per heavy atom. The van der Waals surface area contributed by atoms with Gasteiger partial charge in [0.2, 0.25) is 0 Å². The first kappa shape index (κ1) is 33.9. The first-order valence-electron chi connectivity index (χ1n) is 18.4. The van der Waals surface area contributed by atoms with E-state index in [-0.39, 0.29) is 10.8 Å². The fourth-order valence-electron chi connectivity index (χ4n) is 8.30. The Balaban J connectivity index is 1.18. The number of para-hydroxylation sites is 1. The highest BCUT2D eigenvalue weighted by Gasteiger charge is 2.35. The monoisotopic (exact) mass is 693 g/mol. The Morgan fingerprint density at radius 1 is 0.788 bits per heavy atom. The zero-order valence-electron chi connectivity index (χ0n) is 31.3. The average Bonchev–Trinajstić information content (AvgIpc) is 3.63. The molecule has 2 aliphatic carbocycles. The lowest BCUT2D eigenvalue weighted by atomic mass is 9.74. The van der Waals surface area contributed by atoms with E-state index in [1.807, 2.05) is 11.3 Å². The first-order chi connectivity index (χ1) is 25.0. The molecule has 0 radical (unpaired) electrons. The maximum Gasteiger partial charge on any atom is 0.0487 e. The molecular formula is C50H47NS. The zero-order chi connectivity index (χ0) is 36.2. The summed E-state index contributed by atoms with van der Waals surface area (Å²) in [6.45, 7) is 15.7. The van der Waals surface area contributed by atoms with E-state index in [0.717, 1.165) is 18.4 Å². The summed E-state index contributed by atoms with van der Waals surface area (Å²) in [7, 11) is 2.23. The summed E-state index contributed by atoms with van der Waals surface area (Å²) in [5.74, 6) is 0. The topological polar surface area (TPSA) is 3.24 Å². The number of anilines is 1. The molecule has 0 saturated heterocycles. The number of hydrogen-bond donors (Lipinski definition) is 0. The number of hydrogen-bond acceptors (Lipinski definition) is 2. The van der Waals surface area contributed by atoms with Crippen LogP contribution in [0.3, 0.4) is 0 Å². The molecule has 5 aromatic carbocycles. The normalized spacial score (nSPS) is 16.2. The minimum Gasteiger partial charge on any atom is -0.344 e. The third kappa shape index (κ3) is 5.90. The van der Waals surface area contributed by atoms with Gasteiger partial charge in [-0.25, -0.2) is 0 Å². The second-order valence-corrected chi connectivity index (χ2v) is 16.8. The molecule has 0 N–H and O–H groups in total. The van der Waals surface area contributed by atoms with E-state index in [0.29, 0.717) is 0 Å². The van der Waals surface area contributed by atoms with Crippen LogP contribution < -0.4 is 4.90 Å². The van der Waals surface area contributed by atoms with Crippen LogP contribution in [0.15, 0.2) is 163 Å². The van der Waals surface area contributed by atoms with Crippen molar-refractivity contribution in [1.29, 1.82) is 0 Å². The molecule has 6 aromatic rings. The van der Waals surface area contributed by atoms with Crippen LogP contribution in [0.4, 0.5) is 5.69 Å². The van der Waals surface area contributed by atoms with Gasteiger partial charge in [-0.3, -0.25) is 0 Å². The number of allylic oxidation sites excluding steroid dienone is 8. The number of fused-ring (bicyclic) bond motifs is 6. The number of likely N-dealkylation sites (N-methyl/N-ethyl adjacent to an activating group) is 1. The molecule has 8 rings (SSSR count). The maximum atomic E-state index is 4.13. The van der Waals surface area contributed by atoms with E-state index < -0.39 is 0 Å². The van der Waals surface area contributed by atoms with E-state index >= 15 is 0 Å². The Labute approximate surface area is 313 Å². The Kier molecular flexibility index (Phi) is 8.55. The average molecular weight is 694 g/mol. The second-order valence-electron chi connectivity index (χ2n) is 15.7. The molecule has 1 heterocycles. The van der Waals surface area contributed by atoms with Crippen LogP contribution in [0.1, 0.15) is 64.2 Å². The van der Waals surface area contributed by atoms with Crippen LogP contribution >= 0.6 is 11.3 Å². The van der Waals surface area contributed by atoms with Crippen LogP contribution in [0.5, 0.6) is 0 Å². The highest BCUT2D eigenvalue weighted by atomic mass is 32.1. The molecule has 1 aromatic heterocycles. The fraction of sp³-hybridized carbons (Fsp3) is 0.200. The summed E-state index contributed by atoms with van der Waals surface area (Å²) in [5.41, 5.74) is 15.6. The van der Waals surface area contributed by atoms with Crippen LogP contribution in [-0.4, -0.2) is 7.05 Å². The minimum absolute atomic E-state index is 0.00265. The molecule has 0 saturated carbocycles. The molecular weight excluding hydrogens is 647 g/mol. The molecule has 0 amide bonds. The molecule has 0 bridgehead atoms. The number of rotatable bonds is 8. The van der Waals surface area contributed by atoms with Crippen LogP contribution in [0.25, 0.3) is 48.0 Å². The van der Waals surface area contributed by atoms with Crippen LogP contribution in [0, 0.1) is 5.41 Å². The molecule has 1 nitrogen and oxygen atoms in total. The molecule has 52 heavy (non-hydrogen) atoms. The van der Waals surface area contributed by atoms with Gasteiger partial charge in [-0.15, -0.1) is 11.3 Å². The van der Waals surface area contributed by atoms with Gasteiger partial charge in [0, 0.05) is 49.6 Å². The minimum atomic E-state index is -0.00265. The summed E-state index contributed by atoms with van der Waals surface area (Å²) in [6, 6.07) is 40.5. The Hall–Kier alpha value is -5.18. The standard InChI is InChI=1S/C50H47NS/c1-33(2)16-14-17-34(39-21-15-25-47-48(39)41-20-10-13-24-46(41)52-47)30-36-32-37(28-29-49(36,3)4)51(7)45-23-12-9-18-38(45)35-26-27-44-42(31-35)40-19-8-11-22-43(40)50(44,5)6/h8-28,31-32H,1,29-30H2,2-7H3/b16-14-,34-17+. The van der Waals surface area contributed by atoms with Gasteiger partial charge in [0.1, 0.15) is 0 Å². The summed E-state index contributed by atoms with van der Waals surface area (Å²) in [6.07, 6.45) is 13.3. The lowest BCUT2D eigenvalue weighted by molar-refractivity contribution is 0.438. The number of nitrogens with zero attached hydrogens (tertiary/aromatic N) is 1. The Morgan fingerprint density at radius 3 is 2.33 bits per heavy atom. The SMILES string of the molecule is C=C(C)/C=C\C=C(/CC1=CC(N(C)c2ccccc2-c2ccc3c(c2)-c2ccccc2C3(C)C)=CCC1(C)C)c1cccc2sc3ccccc3c12. The third-order valence-corrected chi connectivity index (χ3v) is 12.5. The summed E-state index contributed by atoms with van der Waals surface area (Å²) in [5, 5.41) is 2.69. The van der Waals surface area contributed by atoms with Crippen molar-refractivity contribution >= 4 is 42.8 Å². The van der Waals surface area contributed by atoms with Crippen LogP contribution in [-0.2, 0) is 5.41 Å². The van der Waals surface area contributed by atoms with Crippen molar-refractivity contribution < 1.29 is 0 Å². The summed E-state index contributed by atoms with van der Waals surface area (Å²) in [4.78, 5) is 2.40. The van der Waals surface area contributed by atoms with Gasteiger partial charge >= 0.3 is 0 Å². The van der Waals surface area contributed by atoms with Crippen molar-refractivity contribution in [3.8, 4) is 22.3 Å². The van der Waals surface area contributed by atoms with Crippen LogP contribution in [0.2, 0.25) is 0 Å². The fourth-order valence-corrected chi connectivity index (χ4v) is 9.44. The molecule has 0 fully saturated rings. The van der Waals surface area contributed by atoms with E-state index in [4.69, 9.17) is 0 Å².